The lowest BCUT2D eigenvalue weighted by Gasteiger charge is -2.28. The molecule has 1 fully saturated rings. The van der Waals surface area contributed by atoms with Crippen molar-refractivity contribution in [1.82, 2.24) is 9.97 Å². The molecular weight excluding hydrogens is 218 g/mol. The first kappa shape index (κ1) is 12.0. The van der Waals surface area contributed by atoms with Gasteiger partial charge in [-0.1, -0.05) is 13.8 Å². The van der Waals surface area contributed by atoms with Crippen LogP contribution in [0, 0.1) is 0 Å². The summed E-state index contributed by atoms with van der Waals surface area (Å²) < 4.78 is 5.30. The van der Waals surface area contributed by atoms with Gasteiger partial charge in [-0.15, -0.1) is 0 Å². The van der Waals surface area contributed by atoms with Gasteiger partial charge in [0.1, 0.15) is 17.3 Å². The van der Waals surface area contributed by atoms with Crippen LogP contribution in [0.15, 0.2) is 6.07 Å². The Hall–Kier alpha value is -1.49. The highest BCUT2D eigenvalue weighted by Crippen LogP contribution is 2.17. The first-order valence-corrected chi connectivity index (χ1v) is 5.87. The molecule has 92 valence electrons. The Morgan fingerprint density at radius 1 is 1.35 bits per heavy atom. The lowest BCUT2D eigenvalue weighted by Crippen LogP contribution is -2.37. The molecular formula is C12H17N3O2. The molecule has 5 heteroatoms. The molecule has 0 aromatic carbocycles. The van der Waals surface area contributed by atoms with E-state index in [-0.39, 0.29) is 5.92 Å². The van der Waals surface area contributed by atoms with Crippen molar-refractivity contribution in [1.29, 1.82) is 0 Å². The fourth-order valence-electron chi connectivity index (χ4n) is 1.74. The number of anilines is 1. The van der Waals surface area contributed by atoms with Crippen LogP contribution in [0.3, 0.4) is 0 Å². The van der Waals surface area contributed by atoms with Gasteiger partial charge in [-0.25, -0.2) is 9.97 Å². The second-order valence-electron chi connectivity index (χ2n) is 4.38. The molecule has 1 aliphatic heterocycles. The summed E-state index contributed by atoms with van der Waals surface area (Å²) >= 11 is 0. The van der Waals surface area contributed by atoms with Gasteiger partial charge in [-0.3, -0.25) is 4.79 Å². The van der Waals surface area contributed by atoms with Crippen LogP contribution in [-0.2, 0) is 4.74 Å². The first-order valence-electron chi connectivity index (χ1n) is 5.87. The minimum atomic E-state index is 0.217. The van der Waals surface area contributed by atoms with E-state index >= 15 is 0 Å². The Morgan fingerprint density at radius 3 is 2.65 bits per heavy atom. The number of carbonyl (C=O) groups is 1. The normalized spacial score (nSPS) is 16.3. The van der Waals surface area contributed by atoms with Crippen LogP contribution < -0.4 is 4.90 Å². The molecule has 0 unspecified atom stereocenters. The van der Waals surface area contributed by atoms with Crippen molar-refractivity contribution >= 4 is 12.1 Å². The minimum absolute atomic E-state index is 0.217. The van der Waals surface area contributed by atoms with E-state index in [9.17, 15) is 4.79 Å². The van der Waals surface area contributed by atoms with Crippen LogP contribution in [0.4, 0.5) is 5.82 Å². The van der Waals surface area contributed by atoms with E-state index in [0.717, 1.165) is 31.0 Å². The van der Waals surface area contributed by atoms with E-state index in [1.165, 1.54) is 0 Å². The van der Waals surface area contributed by atoms with E-state index in [4.69, 9.17) is 4.74 Å². The summed E-state index contributed by atoms with van der Waals surface area (Å²) in [6, 6.07) is 1.74. The van der Waals surface area contributed by atoms with Gasteiger partial charge < -0.3 is 9.64 Å². The third kappa shape index (κ3) is 2.79. The molecule has 17 heavy (non-hydrogen) atoms. The van der Waals surface area contributed by atoms with E-state index < -0.39 is 0 Å². The molecule has 2 rings (SSSR count). The molecule has 0 saturated carbocycles. The molecule has 0 bridgehead atoms. The summed E-state index contributed by atoms with van der Waals surface area (Å²) in [5.74, 6) is 1.76. The number of hydrogen-bond acceptors (Lipinski definition) is 5. The number of ether oxygens (including phenoxy) is 1. The summed E-state index contributed by atoms with van der Waals surface area (Å²) in [6.45, 7) is 7.08. The smallest absolute Gasteiger partial charge is 0.168 e. The Bertz CT molecular complexity index is 401. The summed E-state index contributed by atoms with van der Waals surface area (Å²) in [5, 5.41) is 0. The van der Waals surface area contributed by atoms with Crippen LogP contribution in [0.1, 0.15) is 36.1 Å². The predicted octanol–water partition coefficient (Wildman–Crippen LogP) is 1.25. The lowest BCUT2D eigenvalue weighted by atomic mass is 10.2. The van der Waals surface area contributed by atoms with Gasteiger partial charge in [0.15, 0.2) is 6.29 Å². The summed E-state index contributed by atoms with van der Waals surface area (Å²) in [7, 11) is 0. The number of carbonyl (C=O) groups excluding carboxylic acids is 1. The molecule has 0 spiro atoms. The van der Waals surface area contributed by atoms with Gasteiger partial charge in [-0.05, 0) is 0 Å². The molecule has 1 saturated heterocycles. The second-order valence-corrected chi connectivity index (χ2v) is 4.38. The molecule has 1 aliphatic rings. The largest absolute Gasteiger partial charge is 0.378 e. The van der Waals surface area contributed by atoms with Crippen LogP contribution in [-0.4, -0.2) is 42.6 Å². The molecule has 0 N–H and O–H groups in total. The molecule has 2 heterocycles. The monoisotopic (exact) mass is 235 g/mol. The highest BCUT2D eigenvalue weighted by molar-refractivity contribution is 5.73. The van der Waals surface area contributed by atoms with Crippen molar-refractivity contribution in [3.8, 4) is 0 Å². The zero-order valence-electron chi connectivity index (χ0n) is 10.2. The number of morpholine rings is 1. The number of rotatable bonds is 3. The molecule has 5 nitrogen and oxygen atoms in total. The van der Waals surface area contributed by atoms with Crippen LogP contribution >= 0.6 is 0 Å². The number of aromatic nitrogens is 2. The van der Waals surface area contributed by atoms with Crippen LogP contribution in [0.2, 0.25) is 0 Å². The SMILES string of the molecule is CC(C)c1nc(C=O)cc(N2CCOCC2)n1. The van der Waals surface area contributed by atoms with Gasteiger partial charge in [0, 0.05) is 25.1 Å². The van der Waals surface area contributed by atoms with Gasteiger partial charge in [0.25, 0.3) is 0 Å². The molecule has 0 atom stereocenters. The minimum Gasteiger partial charge on any atom is -0.378 e. The van der Waals surface area contributed by atoms with Crippen molar-refractivity contribution in [2.45, 2.75) is 19.8 Å². The number of aldehydes is 1. The second kappa shape index (κ2) is 5.23. The summed E-state index contributed by atoms with van der Waals surface area (Å²) in [5.41, 5.74) is 0.449. The van der Waals surface area contributed by atoms with Crippen molar-refractivity contribution in [3.63, 3.8) is 0 Å². The van der Waals surface area contributed by atoms with Gasteiger partial charge >= 0.3 is 0 Å². The maximum atomic E-state index is 10.9. The van der Waals surface area contributed by atoms with Crippen molar-refractivity contribution in [3.05, 3.63) is 17.6 Å². The van der Waals surface area contributed by atoms with E-state index in [1.54, 1.807) is 6.07 Å². The molecule has 0 radical (unpaired) electrons. The third-order valence-electron chi connectivity index (χ3n) is 2.72. The fourth-order valence-corrected chi connectivity index (χ4v) is 1.74. The third-order valence-corrected chi connectivity index (χ3v) is 2.72. The molecule has 0 aliphatic carbocycles. The Labute approximate surface area is 101 Å². The lowest BCUT2D eigenvalue weighted by molar-refractivity contribution is 0.111. The maximum absolute atomic E-state index is 10.9. The molecule has 1 aromatic heterocycles. The average molecular weight is 235 g/mol. The van der Waals surface area contributed by atoms with Crippen molar-refractivity contribution < 1.29 is 9.53 Å². The standard InChI is InChI=1S/C12H17N3O2/c1-9(2)12-13-10(8-16)7-11(14-12)15-3-5-17-6-4-15/h7-9H,3-6H2,1-2H3. The summed E-state index contributed by atoms with van der Waals surface area (Å²) in [6.07, 6.45) is 0.775. The zero-order chi connectivity index (χ0) is 12.3. The number of hydrogen-bond donors (Lipinski definition) is 0. The Kier molecular flexibility index (Phi) is 3.68. The topological polar surface area (TPSA) is 55.3 Å². The van der Waals surface area contributed by atoms with Gasteiger partial charge in [-0.2, -0.15) is 0 Å². The highest BCUT2D eigenvalue weighted by atomic mass is 16.5. The van der Waals surface area contributed by atoms with Crippen LogP contribution in [0.25, 0.3) is 0 Å². The van der Waals surface area contributed by atoms with E-state index in [1.807, 2.05) is 13.8 Å². The zero-order valence-corrected chi connectivity index (χ0v) is 10.2. The number of nitrogens with zero attached hydrogens (tertiary/aromatic N) is 3. The average Bonchev–Trinajstić information content (AvgIpc) is 2.39. The quantitative estimate of drug-likeness (QED) is 0.738. The first-order chi connectivity index (χ1) is 8.20. The Balaban J connectivity index is 2.31. The van der Waals surface area contributed by atoms with Gasteiger partial charge in [0.05, 0.1) is 13.2 Å². The highest BCUT2D eigenvalue weighted by Gasteiger charge is 2.15. The Morgan fingerprint density at radius 2 is 2.06 bits per heavy atom. The van der Waals surface area contributed by atoms with Gasteiger partial charge in [0.2, 0.25) is 0 Å². The predicted molar refractivity (Wildman–Crippen MR) is 64.5 cm³/mol. The fraction of sp³-hybridized carbons (Fsp3) is 0.583. The summed E-state index contributed by atoms with van der Waals surface area (Å²) in [4.78, 5) is 21.7. The maximum Gasteiger partial charge on any atom is 0.168 e. The van der Waals surface area contributed by atoms with Crippen LogP contribution in [0.5, 0.6) is 0 Å². The van der Waals surface area contributed by atoms with Crippen molar-refractivity contribution in [2.75, 3.05) is 31.2 Å². The van der Waals surface area contributed by atoms with E-state index in [0.29, 0.717) is 18.9 Å². The molecule has 0 amide bonds. The van der Waals surface area contributed by atoms with Crippen molar-refractivity contribution in [2.24, 2.45) is 0 Å². The van der Waals surface area contributed by atoms with E-state index in [2.05, 4.69) is 14.9 Å². The molecule has 1 aromatic rings.